The lowest BCUT2D eigenvalue weighted by molar-refractivity contribution is 0.0240. The van der Waals surface area contributed by atoms with Crippen LogP contribution in [-0.4, -0.2) is 73.9 Å². The van der Waals surface area contributed by atoms with Gasteiger partial charge in [-0.25, -0.2) is 9.31 Å². The standard InChI is InChI=1S/C28H36IN5O2/c1-19(2)33-18-23(26(33)29)21-8-6-20(7-9-21)22-16-25-24(10-11-30-34(25)17-22)31-12-14-32(15-13-31)27(35)36-28(3,4)5/h6-11,16-17,19,23,26H,12-15,18H2,1-5H3. The molecule has 5 rings (SSSR count). The monoisotopic (exact) mass is 601 g/mol. The highest BCUT2D eigenvalue weighted by molar-refractivity contribution is 14.1. The maximum atomic E-state index is 12.5. The molecule has 2 saturated heterocycles. The highest BCUT2D eigenvalue weighted by Gasteiger charge is 2.39. The number of anilines is 1. The number of likely N-dealkylation sites (tertiary alicyclic amines) is 1. The van der Waals surface area contributed by atoms with Gasteiger partial charge in [-0.05, 0) is 57.9 Å². The number of ether oxygens (including phenoxy) is 1. The van der Waals surface area contributed by atoms with Crippen LogP contribution in [0.15, 0.2) is 48.8 Å². The van der Waals surface area contributed by atoms with E-state index < -0.39 is 5.60 Å². The van der Waals surface area contributed by atoms with Crippen molar-refractivity contribution in [3.63, 3.8) is 0 Å². The van der Waals surface area contributed by atoms with Gasteiger partial charge >= 0.3 is 6.09 Å². The summed E-state index contributed by atoms with van der Waals surface area (Å²) in [7, 11) is 0. The SMILES string of the molecule is CC(C)N1CC(c2ccc(-c3cc4c(N5CCN(C(=O)OC(C)(C)C)CC5)ccnn4c3)cc2)C1I. The van der Waals surface area contributed by atoms with Gasteiger partial charge in [0.25, 0.3) is 0 Å². The van der Waals surface area contributed by atoms with Crippen molar-refractivity contribution in [2.24, 2.45) is 0 Å². The second kappa shape index (κ2) is 9.85. The van der Waals surface area contributed by atoms with Gasteiger partial charge in [0.1, 0.15) is 5.60 Å². The molecule has 0 spiro atoms. The quantitative estimate of drug-likeness (QED) is 0.221. The Balaban J connectivity index is 1.29. The van der Waals surface area contributed by atoms with E-state index in [2.05, 4.69) is 93.9 Å². The molecule has 0 N–H and O–H groups in total. The molecule has 4 heterocycles. The minimum Gasteiger partial charge on any atom is -0.444 e. The zero-order chi connectivity index (χ0) is 25.6. The van der Waals surface area contributed by atoms with Gasteiger partial charge in [-0.2, -0.15) is 5.10 Å². The summed E-state index contributed by atoms with van der Waals surface area (Å²) in [5, 5.41) is 4.57. The van der Waals surface area contributed by atoms with Crippen molar-refractivity contribution >= 4 is 39.9 Å². The molecule has 2 unspecified atom stereocenters. The second-order valence-electron chi connectivity index (χ2n) is 11.1. The molecule has 0 aliphatic carbocycles. The minimum atomic E-state index is -0.476. The van der Waals surface area contributed by atoms with E-state index in [-0.39, 0.29) is 6.09 Å². The molecule has 2 fully saturated rings. The zero-order valence-electron chi connectivity index (χ0n) is 21.8. The number of carbonyl (C=O) groups is 1. The lowest BCUT2D eigenvalue weighted by Crippen LogP contribution is -2.54. The number of hydrogen-bond donors (Lipinski definition) is 0. The summed E-state index contributed by atoms with van der Waals surface area (Å²) in [6, 6.07) is 13.9. The number of rotatable bonds is 4. The highest BCUT2D eigenvalue weighted by Crippen LogP contribution is 2.40. The van der Waals surface area contributed by atoms with Crippen molar-refractivity contribution in [1.82, 2.24) is 19.4 Å². The van der Waals surface area contributed by atoms with Gasteiger partial charge in [-0.15, -0.1) is 0 Å². The Hall–Kier alpha value is -2.33. The van der Waals surface area contributed by atoms with Crippen LogP contribution in [0.4, 0.5) is 10.5 Å². The molecule has 2 aromatic heterocycles. The molecule has 2 atom stereocenters. The first kappa shape index (κ1) is 25.3. The molecule has 0 bridgehead atoms. The number of carbonyl (C=O) groups excluding carboxylic acids is 1. The van der Waals surface area contributed by atoms with Crippen LogP contribution in [0.5, 0.6) is 0 Å². The molecule has 1 aromatic carbocycles. The number of nitrogens with zero attached hydrogens (tertiary/aromatic N) is 5. The normalized spacial score (nSPS) is 21.2. The number of amides is 1. The first-order chi connectivity index (χ1) is 17.1. The molecule has 3 aromatic rings. The van der Waals surface area contributed by atoms with Gasteiger partial charge in [-0.3, -0.25) is 4.90 Å². The molecule has 0 radical (unpaired) electrons. The number of alkyl halides is 1. The van der Waals surface area contributed by atoms with E-state index in [9.17, 15) is 4.79 Å². The van der Waals surface area contributed by atoms with Crippen molar-refractivity contribution in [2.45, 2.75) is 56.2 Å². The molecule has 1 amide bonds. The fourth-order valence-corrected chi connectivity index (χ4v) is 6.59. The van der Waals surface area contributed by atoms with Crippen molar-refractivity contribution in [2.75, 3.05) is 37.6 Å². The van der Waals surface area contributed by atoms with Crippen LogP contribution in [0.2, 0.25) is 0 Å². The Morgan fingerprint density at radius 3 is 2.36 bits per heavy atom. The molecule has 36 heavy (non-hydrogen) atoms. The van der Waals surface area contributed by atoms with Crippen LogP contribution in [0.25, 0.3) is 16.6 Å². The smallest absolute Gasteiger partial charge is 0.410 e. The Kier molecular flexibility index (Phi) is 6.93. The molecule has 7 nitrogen and oxygen atoms in total. The predicted octanol–water partition coefficient (Wildman–Crippen LogP) is 5.63. The first-order valence-corrected chi connectivity index (χ1v) is 14.1. The third-order valence-electron chi connectivity index (χ3n) is 7.15. The Labute approximate surface area is 227 Å². The third kappa shape index (κ3) is 5.07. The number of piperazine rings is 1. The van der Waals surface area contributed by atoms with E-state index >= 15 is 0 Å². The summed E-state index contributed by atoms with van der Waals surface area (Å²) < 4.78 is 8.08. The van der Waals surface area contributed by atoms with Crippen molar-refractivity contribution in [3.8, 4) is 11.1 Å². The number of hydrogen-bond acceptors (Lipinski definition) is 5. The van der Waals surface area contributed by atoms with Gasteiger partial charge in [0.2, 0.25) is 0 Å². The summed E-state index contributed by atoms with van der Waals surface area (Å²) in [4.78, 5) is 19.1. The van der Waals surface area contributed by atoms with Crippen molar-refractivity contribution in [3.05, 3.63) is 54.4 Å². The third-order valence-corrected chi connectivity index (χ3v) is 8.73. The average Bonchev–Trinajstić information content (AvgIpc) is 3.27. The summed E-state index contributed by atoms with van der Waals surface area (Å²) in [5.41, 5.74) is 5.54. The van der Waals surface area contributed by atoms with Crippen LogP contribution < -0.4 is 4.90 Å². The lowest BCUT2D eigenvalue weighted by Gasteiger charge is -2.47. The molecule has 2 aliphatic heterocycles. The van der Waals surface area contributed by atoms with Crippen molar-refractivity contribution in [1.29, 1.82) is 0 Å². The van der Waals surface area contributed by atoms with Gasteiger partial charge in [0.15, 0.2) is 0 Å². The maximum Gasteiger partial charge on any atom is 0.410 e. The van der Waals surface area contributed by atoms with E-state index in [0.717, 1.165) is 36.4 Å². The van der Waals surface area contributed by atoms with Crippen molar-refractivity contribution < 1.29 is 9.53 Å². The molecular weight excluding hydrogens is 565 g/mol. The number of fused-ring (bicyclic) bond motifs is 1. The number of aromatic nitrogens is 2. The van der Waals surface area contributed by atoms with E-state index in [1.165, 1.54) is 11.1 Å². The summed E-state index contributed by atoms with van der Waals surface area (Å²) in [6.07, 6.45) is 3.73. The largest absolute Gasteiger partial charge is 0.444 e. The molecule has 0 saturated carbocycles. The Morgan fingerprint density at radius 1 is 1.06 bits per heavy atom. The highest BCUT2D eigenvalue weighted by atomic mass is 127. The molecular formula is C28H36IN5O2. The van der Waals surface area contributed by atoms with E-state index in [4.69, 9.17) is 4.74 Å². The van der Waals surface area contributed by atoms with E-state index in [1.54, 1.807) is 4.90 Å². The predicted molar refractivity (Wildman–Crippen MR) is 153 cm³/mol. The molecule has 192 valence electrons. The summed E-state index contributed by atoms with van der Waals surface area (Å²) in [6.45, 7) is 14.2. The fraction of sp³-hybridized carbons (Fsp3) is 0.500. The zero-order valence-corrected chi connectivity index (χ0v) is 24.0. The first-order valence-electron chi connectivity index (χ1n) is 12.8. The number of halogens is 1. The second-order valence-corrected chi connectivity index (χ2v) is 12.4. The Morgan fingerprint density at radius 2 is 1.75 bits per heavy atom. The van der Waals surface area contributed by atoms with Crippen LogP contribution in [0.1, 0.15) is 46.1 Å². The average molecular weight is 602 g/mol. The minimum absolute atomic E-state index is 0.233. The summed E-state index contributed by atoms with van der Waals surface area (Å²) in [5.74, 6) is 0.600. The van der Waals surface area contributed by atoms with Crippen LogP contribution in [0, 0.1) is 0 Å². The molecule has 8 heteroatoms. The van der Waals surface area contributed by atoms with Gasteiger partial charge < -0.3 is 14.5 Å². The van der Waals surface area contributed by atoms with Gasteiger partial charge in [0, 0.05) is 62.6 Å². The fourth-order valence-electron chi connectivity index (χ4n) is 5.07. The Bertz CT molecular complexity index is 1220. The van der Waals surface area contributed by atoms with Crippen LogP contribution >= 0.6 is 22.6 Å². The lowest BCUT2D eigenvalue weighted by atomic mass is 9.89. The van der Waals surface area contributed by atoms with E-state index in [1.807, 2.05) is 31.5 Å². The maximum absolute atomic E-state index is 12.5. The van der Waals surface area contributed by atoms with Gasteiger partial charge in [0.05, 0.1) is 15.3 Å². The summed E-state index contributed by atoms with van der Waals surface area (Å²) >= 11 is 2.58. The molecule has 2 aliphatic rings. The van der Waals surface area contributed by atoms with Crippen LogP contribution in [-0.2, 0) is 4.74 Å². The van der Waals surface area contributed by atoms with Crippen LogP contribution in [0.3, 0.4) is 0 Å². The topological polar surface area (TPSA) is 53.3 Å². The van der Waals surface area contributed by atoms with Gasteiger partial charge in [-0.1, -0.05) is 46.9 Å². The van der Waals surface area contributed by atoms with E-state index in [0.29, 0.717) is 29.1 Å². The number of benzene rings is 1.